The smallest absolute Gasteiger partial charge is 0.355 e. The van der Waals surface area contributed by atoms with Gasteiger partial charge in [0.05, 0.1) is 18.0 Å². The lowest BCUT2D eigenvalue weighted by atomic mass is 9.98. The number of hydrazone groups is 1. The third-order valence-electron chi connectivity index (χ3n) is 4.69. The quantitative estimate of drug-likeness (QED) is 0.547. The SMILES string of the molecule is CCOC(=O)C1=NN(c2ccc(Cl)cc2)[C@@H]2C(=O)N(c3cccc(Cl)c3)C(=O)[C@@H]12. The van der Waals surface area contributed by atoms with E-state index < -0.39 is 29.7 Å². The molecule has 2 aromatic rings. The lowest BCUT2D eigenvalue weighted by Gasteiger charge is -2.22. The second-order valence-corrected chi connectivity index (χ2v) is 7.31. The van der Waals surface area contributed by atoms with Crippen LogP contribution in [0.15, 0.2) is 53.6 Å². The molecule has 7 nitrogen and oxygen atoms in total. The molecule has 2 aliphatic rings. The summed E-state index contributed by atoms with van der Waals surface area (Å²) in [7, 11) is 0. The highest BCUT2D eigenvalue weighted by molar-refractivity contribution is 6.47. The molecule has 0 saturated carbocycles. The fourth-order valence-corrected chi connectivity index (χ4v) is 3.78. The molecule has 0 N–H and O–H groups in total. The highest BCUT2D eigenvalue weighted by atomic mass is 35.5. The number of carbonyl (C=O) groups excluding carboxylic acids is 3. The minimum Gasteiger partial charge on any atom is -0.461 e. The van der Waals surface area contributed by atoms with Gasteiger partial charge in [0.1, 0.15) is 12.0 Å². The van der Waals surface area contributed by atoms with E-state index in [0.717, 1.165) is 4.90 Å². The van der Waals surface area contributed by atoms with Gasteiger partial charge >= 0.3 is 5.97 Å². The molecule has 1 fully saturated rings. The second-order valence-electron chi connectivity index (χ2n) is 6.44. The van der Waals surface area contributed by atoms with E-state index in [1.54, 1.807) is 49.4 Å². The minimum atomic E-state index is -1.07. The molecule has 29 heavy (non-hydrogen) atoms. The summed E-state index contributed by atoms with van der Waals surface area (Å²) in [6.07, 6.45) is 0. The van der Waals surface area contributed by atoms with E-state index in [9.17, 15) is 14.4 Å². The van der Waals surface area contributed by atoms with Crippen LogP contribution < -0.4 is 9.91 Å². The van der Waals surface area contributed by atoms with Gasteiger partial charge in [0.15, 0.2) is 5.71 Å². The Kier molecular flexibility index (Phi) is 5.02. The Bertz CT molecular complexity index is 1040. The summed E-state index contributed by atoms with van der Waals surface area (Å²) in [5, 5.41) is 6.54. The number of hydrogen-bond donors (Lipinski definition) is 0. The van der Waals surface area contributed by atoms with E-state index in [1.165, 1.54) is 11.1 Å². The van der Waals surface area contributed by atoms with Crippen molar-refractivity contribution >= 4 is 58.1 Å². The Labute approximate surface area is 176 Å². The number of amides is 2. The fraction of sp³-hybridized carbons (Fsp3) is 0.200. The molecule has 2 aromatic carbocycles. The third kappa shape index (κ3) is 3.26. The van der Waals surface area contributed by atoms with Crippen LogP contribution in [0.25, 0.3) is 0 Å². The summed E-state index contributed by atoms with van der Waals surface area (Å²) < 4.78 is 5.06. The predicted molar refractivity (Wildman–Crippen MR) is 109 cm³/mol. The fourth-order valence-electron chi connectivity index (χ4n) is 3.47. The molecule has 0 aromatic heterocycles. The standard InChI is InChI=1S/C20H15Cl2N3O4/c1-2-29-20(28)16-15-17(25(23-16)13-8-6-11(21)7-9-13)19(27)24(18(15)26)14-5-3-4-12(22)10-14/h3-10,15,17H,2H2,1H3/t15-,17-/m0/s1. The summed E-state index contributed by atoms with van der Waals surface area (Å²) in [5.41, 5.74) is 0.758. The summed E-state index contributed by atoms with van der Waals surface area (Å²) in [6.45, 7) is 1.78. The molecule has 2 amide bonds. The van der Waals surface area contributed by atoms with Gasteiger partial charge in [-0.25, -0.2) is 9.69 Å². The van der Waals surface area contributed by atoms with Crippen molar-refractivity contribution in [2.75, 3.05) is 16.5 Å². The molecule has 9 heteroatoms. The van der Waals surface area contributed by atoms with Crippen LogP contribution in [0.4, 0.5) is 11.4 Å². The molecule has 0 spiro atoms. The van der Waals surface area contributed by atoms with Gasteiger partial charge in [0.25, 0.3) is 5.91 Å². The first-order valence-electron chi connectivity index (χ1n) is 8.86. The van der Waals surface area contributed by atoms with Crippen LogP contribution >= 0.6 is 23.2 Å². The van der Waals surface area contributed by atoms with Gasteiger partial charge in [-0.3, -0.25) is 14.6 Å². The summed E-state index contributed by atoms with van der Waals surface area (Å²) >= 11 is 12.0. The minimum absolute atomic E-state index is 0.102. The number of carbonyl (C=O) groups is 3. The van der Waals surface area contributed by atoms with Gasteiger partial charge in [-0.1, -0.05) is 29.3 Å². The molecule has 1 saturated heterocycles. The first-order valence-corrected chi connectivity index (χ1v) is 9.61. The van der Waals surface area contributed by atoms with Crippen molar-refractivity contribution in [3.8, 4) is 0 Å². The topological polar surface area (TPSA) is 79.3 Å². The maximum absolute atomic E-state index is 13.3. The van der Waals surface area contributed by atoms with Crippen molar-refractivity contribution in [3.05, 3.63) is 58.6 Å². The molecule has 2 aliphatic heterocycles. The second kappa shape index (κ2) is 7.50. The molecular formula is C20H15Cl2N3O4. The zero-order chi connectivity index (χ0) is 20.7. The van der Waals surface area contributed by atoms with Crippen LogP contribution in [0.3, 0.4) is 0 Å². The summed E-state index contributed by atoms with van der Waals surface area (Å²) in [4.78, 5) is 39.9. The predicted octanol–water partition coefficient (Wildman–Crippen LogP) is 3.29. The molecule has 0 bridgehead atoms. The van der Waals surface area contributed by atoms with Gasteiger partial charge in [-0.2, -0.15) is 5.10 Å². The highest BCUT2D eigenvalue weighted by Gasteiger charge is 2.59. The van der Waals surface area contributed by atoms with Crippen LogP contribution in [0.2, 0.25) is 10.0 Å². The Morgan fingerprint density at radius 3 is 2.41 bits per heavy atom. The van der Waals surface area contributed by atoms with Crippen LogP contribution in [0, 0.1) is 5.92 Å². The number of hydrogen-bond acceptors (Lipinski definition) is 6. The number of fused-ring (bicyclic) bond motifs is 1. The maximum atomic E-state index is 13.3. The Balaban J connectivity index is 1.79. The monoisotopic (exact) mass is 431 g/mol. The van der Waals surface area contributed by atoms with Crippen LogP contribution in [-0.2, 0) is 19.1 Å². The van der Waals surface area contributed by atoms with E-state index in [2.05, 4.69) is 5.10 Å². The number of halogens is 2. The first kappa shape index (κ1) is 19.4. The number of nitrogens with zero attached hydrogens (tertiary/aromatic N) is 3. The average molecular weight is 432 g/mol. The number of benzene rings is 2. The average Bonchev–Trinajstić information content (AvgIpc) is 3.20. The van der Waals surface area contributed by atoms with E-state index in [1.807, 2.05) is 0 Å². The van der Waals surface area contributed by atoms with Crippen molar-refractivity contribution in [2.24, 2.45) is 11.0 Å². The molecule has 4 rings (SSSR count). The number of esters is 1. The zero-order valence-corrected chi connectivity index (χ0v) is 16.7. The van der Waals surface area contributed by atoms with Crippen LogP contribution in [0.1, 0.15) is 6.92 Å². The Morgan fingerprint density at radius 2 is 1.76 bits per heavy atom. The maximum Gasteiger partial charge on any atom is 0.355 e. The summed E-state index contributed by atoms with van der Waals surface area (Å²) in [5.74, 6) is -2.85. The number of rotatable bonds is 4. The highest BCUT2D eigenvalue weighted by Crippen LogP contribution is 2.38. The largest absolute Gasteiger partial charge is 0.461 e. The van der Waals surface area contributed by atoms with Crippen molar-refractivity contribution in [2.45, 2.75) is 13.0 Å². The Morgan fingerprint density at radius 1 is 1.03 bits per heavy atom. The van der Waals surface area contributed by atoms with Crippen molar-refractivity contribution in [3.63, 3.8) is 0 Å². The molecule has 148 valence electrons. The molecular weight excluding hydrogens is 417 g/mol. The Hall–Kier alpha value is -2.90. The van der Waals surface area contributed by atoms with Crippen molar-refractivity contribution in [1.29, 1.82) is 0 Å². The third-order valence-corrected chi connectivity index (χ3v) is 5.18. The number of imide groups is 1. The molecule has 2 heterocycles. The lowest BCUT2D eigenvalue weighted by Crippen LogP contribution is -2.39. The molecule has 0 radical (unpaired) electrons. The zero-order valence-electron chi connectivity index (χ0n) is 15.2. The van der Waals surface area contributed by atoms with Crippen molar-refractivity contribution in [1.82, 2.24) is 0 Å². The van der Waals surface area contributed by atoms with E-state index >= 15 is 0 Å². The molecule has 0 unspecified atom stereocenters. The number of ether oxygens (including phenoxy) is 1. The van der Waals surface area contributed by atoms with Gasteiger partial charge in [0, 0.05) is 10.0 Å². The van der Waals surface area contributed by atoms with Gasteiger partial charge in [-0.15, -0.1) is 0 Å². The van der Waals surface area contributed by atoms with Gasteiger partial charge < -0.3 is 4.74 Å². The molecule has 0 aliphatic carbocycles. The van der Waals surface area contributed by atoms with Crippen LogP contribution in [-0.4, -0.2) is 36.1 Å². The van der Waals surface area contributed by atoms with Gasteiger partial charge in [-0.05, 0) is 49.4 Å². The van der Waals surface area contributed by atoms with Crippen molar-refractivity contribution < 1.29 is 19.1 Å². The lowest BCUT2D eigenvalue weighted by molar-refractivity contribution is -0.136. The van der Waals surface area contributed by atoms with Crippen LogP contribution in [0.5, 0.6) is 0 Å². The molecule has 2 atom stereocenters. The van der Waals surface area contributed by atoms with E-state index in [4.69, 9.17) is 27.9 Å². The van der Waals surface area contributed by atoms with E-state index in [0.29, 0.717) is 21.4 Å². The first-order chi connectivity index (χ1) is 13.9. The number of anilines is 2. The van der Waals surface area contributed by atoms with Gasteiger partial charge in [0.2, 0.25) is 5.91 Å². The normalized spacial score (nSPS) is 20.7. The van der Waals surface area contributed by atoms with E-state index in [-0.39, 0.29) is 12.3 Å². The summed E-state index contributed by atoms with van der Waals surface area (Å²) in [6, 6.07) is 12.0.